The first kappa shape index (κ1) is 26.6. The number of hydrogen-bond acceptors (Lipinski definition) is 3. The van der Waals surface area contributed by atoms with Crippen molar-refractivity contribution in [3.63, 3.8) is 0 Å². The largest absolute Gasteiger partial charge is 0.324 e. The smallest absolute Gasteiger partial charge is 0.243 e. The molecule has 0 aliphatic rings. The van der Waals surface area contributed by atoms with Crippen LogP contribution in [0.15, 0.2) is 74.5 Å². The van der Waals surface area contributed by atoms with Crippen molar-refractivity contribution in [2.75, 3.05) is 11.9 Å². The van der Waals surface area contributed by atoms with Crippen LogP contribution in [0.25, 0.3) is 0 Å². The van der Waals surface area contributed by atoms with Gasteiger partial charge in [0.2, 0.25) is 15.9 Å². The highest BCUT2D eigenvalue weighted by molar-refractivity contribution is 9.10. The average molecular weight is 608 g/mol. The van der Waals surface area contributed by atoms with E-state index in [-0.39, 0.29) is 23.9 Å². The summed E-state index contributed by atoms with van der Waals surface area (Å²) in [5, 5.41) is 2.99. The van der Waals surface area contributed by atoms with Crippen molar-refractivity contribution in [1.82, 2.24) is 4.31 Å². The molecule has 0 saturated carbocycles. The van der Waals surface area contributed by atoms with Gasteiger partial charge in [-0.3, -0.25) is 4.79 Å². The molecular formula is C26H28Br2N2O3S. The Hall–Kier alpha value is -2.00. The number of amides is 1. The molecule has 0 heterocycles. The SMILES string of the molecule is CCc1cc(Br)cc(CC)c1NC(=O)CN(Cc1ccc(C)cc1)S(=O)(=O)c1ccc(Br)cc1. The standard InChI is InChI=1S/C26H28Br2N2O3S/c1-4-20-14-23(28)15-21(5-2)26(20)29-25(31)17-30(16-19-8-6-18(3)7-9-19)34(32,33)24-12-10-22(27)11-13-24/h6-15H,4-5,16-17H2,1-3H3,(H,29,31). The number of anilines is 1. The molecule has 3 aromatic carbocycles. The van der Waals surface area contributed by atoms with Crippen molar-refractivity contribution >= 4 is 53.5 Å². The van der Waals surface area contributed by atoms with Gasteiger partial charge in [0.1, 0.15) is 0 Å². The molecule has 0 aromatic heterocycles. The minimum Gasteiger partial charge on any atom is -0.324 e. The molecule has 3 aromatic rings. The summed E-state index contributed by atoms with van der Waals surface area (Å²) in [5.41, 5.74) is 4.65. The van der Waals surface area contributed by atoms with E-state index in [4.69, 9.17) is 0 Å². The van der Waals surface area contributed by atoms with Crippen LogP contribution < -0.4 is 5.32 Å². The van der Waals surface area contributed by atoms with Gasteiger partial charge in [0.25, 0.3) is 0 Å². The molecule has 0 fully saturated rings. The molecule has 0 radical (unpaired) electrons. The van der Waals surface area contributed by atoms with E-state index < -0.39 is 10.0 Å². The third-order valence-corrected chi connectivity index (χ3v) is 8.34. The van der Waals surface area contributed by atoms with Gasteiger partial charge in [-0.05, 0) is 72.9 Å². The van der Waals surface area contributed by atoms with Crippen LogP contribution in [-0.2, 0) is 34.2 Å². The molecule has 34 heavy (non-hydrogen) atoms. The van der Waals surface area contributed by atoms with Gasteiger partial charge in [-0.25, -0.2) is 8.42 Å². The first-order chi connectivity index (χ1) is 16.1. The molecule has 0 aliphatic heterocycles. The van der Waals surface area contributed by atoms with Crippen LogP contribution in [0.5, 0.6) is 0 Å². The maximum absolute atomic E-state index is 13.5. The van der Waals surface area contributed by atoms with E-state index in [1.165, 1.54) is 4.31 Å². The zero-order valence-corrected chi connectivity index (χ0v) is 23.4. The zero-order valence-electron chi connectivity index (χ0n) is 19.4. The second-order valence-corrected chi connectivity index (χ2v) is 11.8. The highest BCUT2D eigenvalue weighted by Gasteiger charge is 2.27. The summed E-state index contributed by atoms with van der Waals surface area (Å²) in [5.74, 6) is -0.375. The van der Waals surface area contributed by atoms with E-state index in [1.807, 2.05) is 57.2 Å². The van der Waals surface area contributed by atoms with Gasteiger partial charge in [-0.15, -0.1) is 0 Å². The van der Waals surface area contributed by atoms with Crippen LogP contribution >= 0.6 is 31.9 Å². The minimum atomic E-state index is -3.91. The van der Waals surface area contributed by atoms with Gasteiger partial charge in [0, 0.05) is 21.2 Å². The fraction of sp³-hybridized carbons (Fsp3) is 0.269. The number of halogens is 2. The first-order valence-corrected chi connectivity index (χ1v) is 14.1. The monoisotopic (exact) mass is 606 g/mol. The summed E-state index contributed by atoms with van der Waals surface area (Å²) >= 11 is 6.87. The first-order valence-electron chi connectivity index (χ1n) is 11.1. The quantitative estimate of drug-likeness (QED) is 0.303. The summed E-state index contributed by atoms with van der Waals surface area (Å²) in [6.45, 7) is 5.82. The Bertz CT molecular complexity index is 1230. The van der Waals surface area contributed by atoms with Crippen molar-refractivity contribution in [2.24, 2.45) is 0 Å². The van der Waals surface area contributed by atoms with Crippen molar-refractivity contribution in [3.8, 4) is 0 Å². The van der Waals surface area contributed by atoms with Crippen molar-refractivity contribution < 1.29 is 13.2 Å². The number of aryl methyl sites for hydroxylation is 3. The molecule has 0 spiro atoms. The number of rotatable bonds is 9. The van der Waals surface area contributed by atoms with Gasteiger partial charge in [0.05, 0.1) is 11.4 Å². The lowest BCUT2D eigenvalue weighted by atomic mass is 10.0. The van der Waals surface area contributed by atoms with Crippen LogP contribution in [0.3, 0.4) is 0 Å². The zero-order chi connectivity index (χ0) is 24.9. The fourth-order valence-electron chi connectivity index (χ4n) is 3.66. The van der Waals surface area contributed by atoms with Crippen molar-refractivity contribution in [1.29, 1.82) is 0 Å². The fourth-order valence-corrected chi connectivity index (χ4v) is 5.86. The van der Waals surface area contributed by atoms with E-state index in [0.717, 1.165) is 49.7 Å². The van der Waals surface area contributed by atoms with E-state index >= 15 is 0 Å². The number of benzene rings is 3. The predicted octanol–water partition coefficient (Wildman–Crippen LogP) is 6.47. The Morgan fingerprint density at radius 1 is 0.882 bits per heavy atom. The predicted molar refractivity (Wildman–Crippen MR) is 144 cm³/mol. The second-order valence-electron chi connectivity index (χ2n) is 8.07. The van der Waals surface area contributed by atoms with Crippen LogP contribution in [-0.4, -0.2) is 25.2 Å². The molecule has 180 valence electrons. The summed E-state index contributed by atoms with van der Waals surface area (Å²) in [4.78, 5) is 13.3. The second kappa shape index (κ2) is 11.6. The third kappa shape index (κ3) is 6.56. The topological polar surface area (TPSA) is 66.5 Å². The Labute approximate surface area is 218 Å². The van der Waals surface area contributed by atoms with Crippen LogP contribution in [0.4, 0.5) is 5.69 Å². The maximum atomic E-state index is 13.5. The van der Waals surface area contributed by atoms with E-state index in [0.29, 0.717) is 0 Å². The molecule has 0 bridgehead atoms. The normalized spacial score (nSPS) is 11.6. The summed E-state index contributed by atoms with van der Waals surface area (Å²) in [7, 11) is -3.91. The third-order valence-electron chi connectivity index (χ3n) is 5.54. The Morgan fingerprint density at radius 3 is 1.97 bits per heavy atom. The minimum absolute atomic E-state index is 0.0910. The number of nitrogens with zero attached hydrogens (tertiary/aromatic N) is 1. The number of carbonyl (C=O) groups is 1. The lowest BCUT2D eigenvalue weighted by molar-refractivity contribution is -0.116. The van der Waals surface area contributed by atoms with Gasteiger partial charge >= 0.3 is 0 Å². The van der Waals surface area contributed by atoms with Gasteiger partial charge < -0.3 is 5.32 Å². The summed E-state index contributed by atoms with van der Waals surface area (Å²) < 4.78 is 30.0. The molecule has 0 saturated heterocycles. The Balaban J connectivity index is 1.93. The van der Waals surface area contributed by atoms with Crippen LogP contribution in [0, 0.1) is 6.92 Å². The molecule has 8 heteroatoms. The lowest BCUT2D eigenvalue weighted by Crippen LogP contribution is -2.37. The summed E-state index contributed by atoms with van der Waals surface area (Å²) in [6.07, 6.45) is 1.48. The van der Waals surface area contributed by atoms with Crippen LogP contribution in [0.2, 0.25) is 0 Å². The molecule has 5 nitrogen and oxygen atoms in total. The average Bonchev–Trinajstić information content (AvgIpc) is 2.81. The Kier molecular flexibility index (Phi) is 9.09. The number of carbonyl (C=O) groups excluding carboxylic acids is 1. The highest BCUT2D eigenvalue weighted by atomic mass is 79.9. The molecule has 0 atom stereocenters. The maximum Gasteiger partial charge on any atom is 0.243 e. The summed E-state index contributed by atoms with van der Waals surface area (Å²) in [6, 6.07) is 18.0. The molecule has 3 rings (SSSR count). The van der Waals surface area contributed by atoms with Crippen molar-refractivity contribution in [3.05, 3.63) is 91.9 Å². The van der Waals surface area contributed by atoms with Crippen LogP contribution in [0.1, 0.15) is 36.1 Å². The molecule has 0 unspecified atom stereocenters. The number of hydrogen-bond donors (Lipinski definition) is 1. The van der Waals surface area contributed by atoms with Gasteiger partial charge in [-0.2, -0.15) is 4.31 Å². The molecule has 0 aliphatic carbocycles. The number of nitrogens with one attached hydrogen (secondary N) is 1. The Morgan fingerprint density at radius 2 is 1.44 bits per heavy atom. The van der Waals surface area contributed by atoms with E-state index in [2.05, 4.69) is 37.2 Å². The van der Waals surface area contributed by atoms with Gasteiger partial charge in [0.15, 0.2) is 0 Å². The lowest BCUT2D eigenvalue weighted by Gasteiger charge is -2.23. The van der Waals surface area contributed by atoms with Crippen molar-refractivity contribution in [2.45, 2.75) is 45.1 Å². The molecule has 1 amide bonds. The number of sulfonamides is 1. The van der Waals surface area contributed by atoms with E-state index in [9.17, 15) is 13.2 Å². The van der Waals surface area contributed by atoms with E-state index in [1.54, 1.807) is 24.3 Å². The van der Waals surface area contributed by atoms with Gasteiger partial charge in [-0.1, -0.05) is 75.5 Å². The highest BCUT2D eigenvalue weighted by Crippen LogP contribution is 2.28. The molecule has 1 N–H and O–H groups in total. The molecular weight excluding hydrogens is 580 g/mol.